The van der Waals surface area contributed by atoms with E-state index in [9.17, 15) is 14.4 Å². The van der Waals surface area contributed by atoms with E-state index in [1.807, 2.05) is 55.7 Å². The average molecular weight is 565 g/mol. The van der Waals surface area contributed by atoms with Gasteiger partial charge >= 0.3 is 5.97 Å². The van der Waals surface area contributed by atoms with Gasteiger partial charge in [-0.05, 0) is 48.9 Å². The summed E-state index contributed by atoms with van der Waals surface area (Å²) in [6, 6.07) is 15.3. The maximum atomic E-state index is 13.9. The first kappa shape index (κ1) is 29.3. The predicted molar refractivity (Wildman–Crippen MR) is 156 cm³/mol. The lowest BCUT2D eigenvalue weighted by Crippen LogP contribution is -2.46. The molecule has 0 saturated heterocycles. The third-order valence-corrected chi connectivity index (χ3v) is 7.25. The largest absolute Gasteiger partial charge is 0.459 e. The molecule has 1 atom stereocenters. The summed E-state index contributed by atoms with van der Waals surface area (Å²) in [6.07, 6.45) is 4.15. The molecule has 0 saturated carbocycles. The van der Waals surface area contributed by atoms with Crippen molar-refractivity contribution in [3.8, 4) is 0 Å². The van der Waals surface area contributed by atoms with Crippen molar-refractivity contribution in [3.63, 3.8) is 0 Å². The zero-order valence-electron chi connectivity index (χ0n) is 23.4. The first-order valence-corrected chi connectivity index (χ1v) is 14.4. The number of fused-ring (bicyclic) bond motifs is 1. The quantitative estimate of drug-likeness (QED) is 0.296. The standard InChI is InChI=1S/C31H37ClN4O4/c1-4-5-17-36(30(38)23-14-11-15-24(32)19-23)28-27(35-18-10-9-16-25(35)33-28)29(37)34-26(21(2)3)31(39)40-20-22-12-7-6-8-13-22/h6-8,11-15,19,21,26H,4-5,9-10,16-18,20H2,1-3H3,(H,34,37). The van der Waals surface area contributed by atoms with Crippen LogP contribution in [0.5, 0.6) is 0 Å². The van der Waals surface area contributed by atoms with Gasteiger partial charge in [0, 0.05) is 30.1 Å². The highest BCUT2D eigenvalue weighted by molar-refractivity contribution is 6.31. The number of aromatic nitrogens is 2. The number of nitrogens with one attached hydrogen (secondary N) is 1. The fraction of sp³-hybridized carbons (Fsp3) is 0.419. The lowest BCUT2D eigenvalue weighted by molar-refractivity contribution is -0.148. The van der Waals surface area contributed by atoms with Crippen LogP contribution >= 0.6 is 11.6 Å². The Bertz CT molecular complexity index is 1340. The van der Waals surface area contributed by atoms with Crippen molar-refractivity contribution in [2.24, 2.45) is 5.92 Å². The van der Waals surface area contributed by atoms with Crippen molar-refractivity contribution in [3.05, 3.63) is 82.3 Å². The first-order chi connectivity index (χ1) is 19.3. The molecule has 0 aliphatic carbocycles. The Kier molecular flexibility index (Phi) is 9.98. The fourth-order valence-electron chi connectivity index (χ4n) is 4.81. The second-order valence-corrected chi connectivity index (χ2v) is 10.9. The van der Waals surface area contributed by atoms with Gasteiger partial charge in [0.1, 0.15) is 18.5 Å². The molecule has 9 heteroatoms. The van der Waals surface area contributed by atoms with E-state index in [-0.39, 0.29) is 18.4 Å². The number of amides is 2. The molecule has 0 spiro atoms. The molecule has 212 valence electrons. The Hall–Kier alpha value is -3.65. The molecule has 2 amide bonds. The van der Waals surface area contributed by atoms with E-state index >= 15 is 0 Å². The van der Waals surface area contributed by atoms with Crippen molar-refractivity contribution < 1.29 is 19.1 Å². The minimum absolute atomic E-state index is 0.116. The van der Waals surface area contributed by atoms with Crippen molar-refractivity contribution in [1.82, 2.24) is 14.9 Å². The third-order valence-electron chi connectivity index (χ3n) is 7.01. The van der Waals surface area contributed by atoms with Crippen LogP contribution in [-0.4, -0.2) is 39.9 Å². The molecule has 1 aliphatic heterocycles. The minimum Gasteiger partial charge on any atom is -0.459 e. The Balaban J connectivity index is 1.65. The summed E-state index contributed by atoms with van der Waals surface area (Å²) in [5, 5.41) is 3.37. The number of esters is 1. The molecule has 0 radical (unpaired) electrons. The van der Waals surface area contributed by atoms with Crippen LogP contribution in [0.1, 0.15) is 78.7 Å². The summed E-state index contributed by atoms with van der Waals surface area (Å²) < 4.78 is 7.46. The van der Waals surface area contributed by atoms with Gasteiger partial charge in [0.15, 0.2) is 11.5 Å². The number of carbonyl (C=O) groups is 3. The van der Waals surface area contributed by atoms with Gasteiger partial charge < -0.3 is 14.6 Å². The molecule has 2 aromatic carbocycles. The number of nitrogens with zero attached hydrogens (tertiary/aromatic N) is 3. The van der Waals surface area contributed by atoms with Crippen LogP contribution in [0.2, 0.25) is 5.02 Å². The second-order valence-electron chi connectivity index (χ2n) is 10.4. The van der Waals surface area contributed by atoms with Gasteiger partial charge in [0.2, 0.25) is 0 Å². The Morgan fingerprint density at radius 1 is 1.10 bits per heavy atom. The van der Waals surface area contributed by atoms with Gasteiger partial charge in [0.05, 0.1) is 0 Å². The molecular formula is C31H37ClN4O4. The molecule has 2 heterocycles. The number of benzene rings is 2. The molecule has 1 unspecified atom stereocenters. The Morgan fingerprint density at radius 3 is 2.58 bits per heavy atom. The molecule has 4 rings (SSSR count). The number of carbonyl (C=O) groups excluding carboxylic acids is 3. The summed E-state index contributed by atoms with van der Waals surface area (Å²) in [4.78, 5) is 47.2. The van der Waals surface area contributed by atoms with Crippen LogP contribution in [-0.2, 0) is 29.1 Å². The van der Waals surface area contributed by atoms with Gasteiger partial charge in [-0.1, -0.05) is 75.2 Å². The van der Waals surface area contributed by atoms with Crippen molar-refractivity contribution >= 4 is 35.2 Å². The maximum absolute atomic E-state index is 13.9. The van der Waals surface area contributed by atoms with E-state index < -0.39 is 17.9 Å². The molecule has 1 aromatic heterocycles. The molecule has 3 aromatic rings. The second kappa shape index (κ2) is 13.6. The van der Waals surface area contributed by atoms with E-state index in [0.29, 0.717) is 41.6 Å². The van der Waals surface area contributed by atoms with Gasteiger partial charge in [-0.25, -0.2) is 9.78 Å². The number of hydrogen-bond acceptors (Lipinski definition) is 5. The monoisotopic (exact) mass is 564 g/mol. The first-order valence-electron chi connectivity index (χ1n) is 14.0. The van der Waals surface area contributed by atoms with Crippen molar-refractivity contribution in [2.75, 3.05) is 11.4 Å². The molecule has 0 bridgehead atoms. The van der Waals surface area contributed by atoms with Crippen LogP contribution in [0.4, 0.5) is 5.82 Å². The minimum atomic E-state index is -0.869. The van der Waals surface area contributed by atoms with Gasteiger partial charge in [-0.15, -0.1) is 0 Å². The number of aryl methyl sites for hydroxylation is 1. The number of imidazole rings is 1. The number of rotatable bonds is 11. The van der Waals surface area contributed by atoms with Gasteiger partial charge in [-0.3, -0.25) is 14.5 Å². The summed E-state index contributed by atoms with van der Waals surface area (Å²) in [5.41, 5.74) is 1.58. The van der Waals surface area contributed by atoms with E-state index in [4.69, 9.17) is 21.3 Å². The summed E-state index contributed by atoms with van der Waals surface area (Å²) in [6.45, 7) is 6.89. The topological polar surface area (TPSA) is 93.5 Å². The van der Waals surface area contributed by atoms with Crippen LogP contribution in [0, 0.1) is 5.92 Å². The smallest absolute Gasteiger partial charge is 0.329 e. The van der Waals surface area contributed by atoms with Crippen LogP contribution in [0.15, 0.2) is 54.6 Å². The Labute approximate surface area is 240 Å². The average Bonchev–Trinajstić information content (AvgIpc) is 3.34. The number of halogens is 1. The van der Waals surface area contributed by atoms with E-state index in [0.717, 1.165) is 37.1 Å². The molecule has 40 heavy (non-hydrogen) atoms. The molecule has 1 N–H and O–H groups in total. The maximum Gasteiger partial charge on any atom is 0.329 e. The number of ether oxygens (including phenoxy) is 1. The summed E-state index contributed by atoms with van der Waals surface area (Å²) >= 11 is 6.19. The SMILES string of the molecule is CCCCN(C(=O)c1cccc(Cl)c1)c1nc2n(c1C(=O)NC(C(=O)OCc1ccccc1)C(C)C)CCCC2. The highest BCUT2D eigenvalue weighted by Crippen LogP contribution is 2.29. The van der Waals surface area contributed by atoms with E-state index in [1.165, 1.54) is 0 Å². The normalized spacial score (nSPS) is 13.4. The highest BCUT2D eigenvalue weighted by Gasteiger charge is 2.34. The van der Waals surface area contributed by atoms with E-state index in [1.54, 1.807) is 29.2 Å². The van der Waals surface area contributed by atoms with Crippen LogP contribution < -0.4 is 10.2 Å². The molecular weight excluding hydrogens is 528 g/mol. The molecule has 8 nitrogen and oxygen atoms in total. The van der Waals surface area contributed by atoms with Crippen molar-refractivity contribution in [2.45, 2.75) is 72.1 Å². The lowest BCUT2D eigenvalue weighted by Gasteiger charge is -2.25. The molecule has 0 fully saturated rings. The summed E-state index contributed by atoms with van der Waals surface area (Å²) in [7, 11) is 0. The highest BCUT2D eigenvalue weighted by atomic mass is 35.5. The van der Waals surface area contributed by atoms with Crippen LogP contribution in [0.25, 0.3) is 0 Å². The van der Waals surface area contributed by atoms with Gasteiger partial charge in [-0.2, -0.15) is 0 Å². The zero-order chi connectivity index (χ0) is 28.6. The zero-order valence-corrected chi connectivity index (χ0v) is 24.1. The number of unbranched alkanes of at least 4 members (excludes halogenated alkanes) is 1. The number of hydrogen-bond donors (Lipinski definition) is 1. The summed E-state index contributed by atoms with van der Waals surface area (Å²) in [5.74, 6) is -0.379. The van der Waals surface area contributed by atoms with E-state index in [2.05, 4.69) is 5.32 Å². The van der Waals surface area contributed by atoms with Gasteiger partial charge in [0.25, 0.3) is 11.8 Å². The Morgan fingerprint density at radius 2 is 1.88 bits per heavy atom. The lowest BCUT2D eigenvalue weighted by atomic mass is 10.0. The molecule has 1 aliphatic rings. The predicted octanol–water partition coefficient (Wildman–Crippen LogP) is 5.82. The van der Waals surface area contributed by atoms with Crippen LogP contribution in [0.3, 0.4) is 0 Å². The number of anilines is 1. The fourth-order valence-corrected chi connectivity index (χ4v) is 5.00. The third kappa shape index (κ3) is 6.91. The van der Waals surface area contributed by atoms with Crippen molar-refractivity contribution in [1.29, 1.82) is 0 Å².